The summed E-state index contributed by atoms with van der Waals surface area (Å²) >= 11 is 12.5. The van der Waals surface area contributed by atoms with Crippen molar-refractivity contribution in [3.8, 4) is 11.4 Å². The molecule has 0 aliphatic heterocycles. The molecule has 2 fully saturated rings. The molecule has 4 rings (SSSR count). The molecule has 2 aromatic rings. The molecule has 7 heteroatoms. The van der Waals surface area contributed by atoms with Gasteiger partial charge in [-0.05, 0) is 60.1 Å². The van der Waals surface area contributed by atoms with Crippen molar-refractivity contribution in [1.29, 1.82) is 0 Å². The van der Waals surface area contributed by atoms with E-state index in [1.165, 1.54) is 25.7 Å². The molecule has 0 unspecified atom stereocenters. The summed E-state index contributed by atoms with van der Waals surface area (Å²) in [5.74, 6) is 2.04. The van der Waals surface area contributed by atoms with Crippen molar-refractivity contribution in [2.45, 2.75) is 31.7 Å². The largest absolute Gasteiger partial charge is 0.399 e. The number of hydrogen-bond donors (Lipinski definition) is 1. The third-order valence-electron chi connectivity index (χ3n) is 4.28. The van der Waals surface area contributed by atoms with Gasteiger partial charge in [0.05, 0.1) is 16.1 Å². The number of nitrogens with zero attached hydrogens (tertiary/aromatic N) is 4. The van der Waals surface area contributed by atoms with Gasteiger partial charge in [-0.2, -0.15) is 0 Å². The molecule has 2 aliphatic carbocycles. The van der Waals surface area contributed by atoms with Crippen molar-refractivity contribution in [1.82, 2.24) is 20.2 Å². The highest BCUT2D eigenvalue weighted by Crippen LogP contribution is 2.52. The standard InChI is InChI=1S/C14H15Cl2N5/c15-11-6-9(17)5-10(12(11)16)14-18-19-20-21(14)13(7-1-2-7)8-3-4-8/h5-8,13H,1-4,17H2. The van der Waals surface area contributed by atoms with Crippen molar-refractivity contribution < 1.29 is 0 Å². The van der Waals surface area contributed by atoms with Gasteiger partial charge in [0.1, 0.15) is 0 Å². The van der Waals surface area contributed by atoms with Gasteiger partial charge >= 0.3 is 0 Å². The van der Waals surface area contributed by atoms with Gasteiger partial charge in [0.15, 0.2) is 5.82 Å². The second kappa shape index (κ2) is 4.85. The van der Waals surface area contributed by atoms with Crippen LogP contribution in [0.15, 0.2) is 12.1 Å². The molecule has 2 aliphatic rings. The van der Waals surface area contributed by atoms with E-state index in [9.17, 15) is 0 Å². The van der Waals surface area contributed by atoms with Crippen LogP contribution in [0, 0.1) is 11.8 Å². The molecule has 2 N–H and O–H groups in total. The Hall–Kier alpha value is -1.33. The molecule has 1 aromatic carbocycles. The number of benzene rings is 1. The molecule has 2 saturated carbocycles. The van der Waals surface area contributed by atoms with Crippen molar-refractivity contribution in [2.24, 2.45) is 11.8 Å². The highest BCUT2D eigenvalue weighted by Gasteiger charge is 2.44. The molecule has 0 saturated heterocycles. The zero-order valence-corrected chi connectivity index (χ0v) is 12.8. The highest BCUT2D eigenvalue weighted by atomic mass is 35.5. The quantitative estimate of drug-likeness (QED) is 0.873. The second-order valence-electron chi connectivity index (χ2n) is 5.98. The average Bonchev–Trinajstić information content (AvgIpc) is 3.35. The summed E-state index contributed by atoms with van der Waals surface area (Å²) < 4.78 is 1.94. The number of nitrogen functional groups attached to an aromatic ring is 1. The van der Waals surface area contributed by atoms with E-state index in [1.807, 2.05) is 4.68 Å². The first kappa shape index (κ1) is 13.3. The maximum absolute atomic E-state index is 6.33. The fourth-order valence-electron chi connectivity index (χ4n) is 3.00. The Morgan fingerprint density at radius 1 is 1.14 bits per heavy atom. The topological polar surface area (TPSA) is 69.6 Å². The van der Waals surface area contributed by atoms with Crippen molar-refractivity contribution in [3.05, 3.63) is 22.2 Å². The Kier molecular flexibility index (Phi) is 3.08. The van der Waals surface area contributed by atoms with Crippen LogP contribution in [-0.4, -0.2) is 20.2 Å². The second-order valence-corrected chi connectivity index (χ2v) is 6.76. The SMILES string of the molecule is Nc1cc(Cl)c(Cl)c(-c2nnnn2C(C2CC2)C2CC2)c1. The van der Waals surface area contributed by atoms with E-state index >= 15 is 0 Å². The third-order valence-corrected chi connectivity index (χ3v) is 5.08. The predicted octanol–water partition coefficient (Wildman–Crippen LogP) is 3.59. The molecular formula is C14H15Cl2N5. The lowest BCUT2D eigenvalue weighted by molar-refractivity contribution is 0.357. The Labute approximate surface area is 132 Å². The van der Waals surface area contributed by atoms with Gasteiger partial charge in [0.25, 0.3) is 0 Å². The number of halogens is 2. The first-order chi connectivity index (χ1) is 10.1. The minimum absolute atomic E-state index is 0.381. The van der Waals surface area contributed by atoms with Gasteiger partial charge in [0.2, 0.25) is 0 Å². The van der Waals surface area contributed by atoms with Gasteiger partial charge in [-0.3, -0.25) is 0 Å². The van der Waals surface area contributed by atoms with E-state index in [0.29, 0.717) is 45.0 Å². The number of anilines is 1. The molecule has 21 heavy (non-hydrogen) atoms. The molecular weight excluding hydrogens is 309 g/mol. The Morgan fingerprint density at radius 2 is 1.81 bits per heavy atom. The Morgan fingerprint density at radius 3 is 2.43 bits per heavy atom. The first-order valence-electron chi connectivity index (χ1n) is 7.18. The van der Waals surface area contributed by atoms with Crippen LogP contribution in [0.4, 0.5) is 5.69 Å². The van der Waals surface area contributed by atoms with Gasteiger partial charge < -0.3 is 5.73 Å². The molecule has 0 amide bonds. The lowest BCUT2D eigenvalue weighted by atomic mass is 10.1. The summed E-state index contributed by atoms with van der Waals surface area (Å²) in [6.07, 6.45) is 5.02. The molecule has 1 heterocycles. The summed E-state index contributed by atoms with van der Waals surface area (Å²) in [5, 5.41) is 13.1. The van der Waals surface area contributed by atoms with Crippen LogP contribution in [-0.2, 0) is 0 Å². The van der Waals surface area contributed by atoms with E-state index in [1.54, 1.807) is 12.1 Å². The average molecular weight is 324 g/mol. The predicted molar refractivity (Wildman–Crippen MR) is 82.2 cm³/mol. The minimum Gasteiger partial charge on any atom is -0.399 e. The van der Waals surface area contributed by atoms with E-state index in [4.69, 9.17) is 28.9 Å². The minimum atomic E-state index is 0.381. The van der Waals surface area contributed by atoms with Gasteiger partial charge in [-0.25, -0.2) is 4.68 Å². The van der Waals surface area contributed by atoms with Crippen molar-refractivity contribution in [2.75, 3.05) is 5.73 Å². The number of nitrogens with two attached hydrogens (primary N) is 1. The Bertz CT molecular complexity index is 679. The normalized spacial score (nSPS) is 18.4. The molecule has 0 bridgehead atoms. The number of tetrazole rings is 1. The number of rotatable bonds is 4. The van der Waals surface area contributed by atoms with Crippen LogP contribution >= 0.6 is 23.2 Å². The molecule has 1 aromatic heterocycles. The van der Waals surface area contributed by atoms with E-state index in [0.717, 1.165) is 0 Å². The van der Waals surface area contributed by atoms with Crippen molar-refractivity contribution >= 4 is 28.9 Å². The number of hydrogen-bond acceptors (Lipinski definition) is 4. The molecule has 5 nitrogen and oxygen atoms in total. The smallest absolute Gasteiger partial charge is 0.183 e. The summed E-state index contributed by atoms with van der Waals surface area (Å²) in [6, 6.07) is 3.81. The van der Waals surface area contributed by atoms with Crippen LogP contribution in [0.2, 0.25) is 10.0 Å². The van der Waals surface area contributed by atoms with E-state index in [-0.39, 0.29) is 0 Å². The van der Waals surface area contributed by atoms with Crippen LogP contribution in [0.3, 0.4) is 0 Å². The van der Waals surface area contributed by atoms with Crippen LogP contribution in [0.25, 0.3) is 11.4 Å². The molecule has 110 valence electrons. The fourth-order valence-corrected chi connectivity index (χ4v) is 3.43. The highest BCUT2D eigenvalue weighted by molar-refractivity contribution is 6.43. The summed E-state index contributed by atoms with van der Waals surface area (Å²) in [6.45, 7) is 0. The fraction of sp³-hybridized carbons (Fsp3) is 0.500. The number of aromatic nitrogens is 4. The zero-order valence-electron chi connectivity index (χ0n) is 11.3. The Balaban J connectivity index is 1.81. The monoisotopic (exact) mass is 323 g/mol. The molecule has 0 atom stereocenters. The lowest BCUT2D eigenvalue weighted by Gasteiger charge is -2.17. The van der Waals surface area contributed by atoms with Crippen LogP contribution in [0.1, 0.15) is 31.7 Å². The van der Waals surface area contributed by atoms with Gasteiger partial charge in [-0.1, -0.05) is 23.2 Å². The summed E-state index contributed by atoms with van der Waals surface area (Å²) in [4.78, 5) is 0. The van der Waals surface area contributed by atoms with E-state index < -0.39 is 0 Å². The van der Waals surface area contributed by atoms with E-state index in [2.05, 4.69) is 15.5 Å². The summed E-state index contributed by atoms with van der Waals surface area (Å²) in [7, 11) is 0. The maximum atomic E-state index is 6.33. The van der Waals surface area contributed by atoms with Crippen molar-refractivity contribution in [3.63, 3.8) is 0 Å². The van der Waals surface area contributed by atoms with Crippen LogP contribution in [0.5, 0.6) is 0 Å². The van der Waals surface area contributed by atoms with Gasteiger partial charge in [-0.15, -0.1) is 5.10 Å². The third kappa shape index (κ3) is 2.38. The van der Waals surface area contributed by atoms with Crippen LogP contribution < -0.4 is 5.73 Å². The van der Waals surface area contributed by atoms with Gasteiger partial charge in [0, 0.05) is 11.3 Å². The first-order valence-corrected chi connectivity index (χ1v) is 7.93. The molecule has 0 spiro atoms. The zero-order chi connectivity index (χ0) is 14.6. The molecule has 0 radical (unpaired) electrons. The lowest BCUT2D eigenvalue weighted by Crippen LogP contribution is -2.16. The maximum Gasteiger partial charge on any atom is 0.183 e. The summed E-state index contributed by atoms with van der Waals surface area (Å²) in [5.41, 5.74) is 7.15.